The highest BCUT2D eigenvalue weighted by molar-refractivity contribution is 14.0. The van der Waals surface area contributed by atoms with Crippen LogP contribution in [-0.2, 0) is 6.54 Å². The average Bonchev–Trinajstić information content (AvgIpc) is 2.85. The second kappa shape index (κ2) is 9.86. The van der Waals surface area contributed by atoms with Gasteiger partial charge in [-0.3, -0.25) is 4.99 Å². The van der Waals surface area contributed by atoms with Crippen molar-refractivity contribution < 1.29 is 9.47 Å². The third-order valence-electron chi connectivity index (χ3n) is 3.61. The maximum absolute atomic E-state index is 5.72. The van der Waals surface area contributed by atoms with Crippen LogP contribution in [0.4, 0.5) is 5.69 Å². The van der Waals surface area contributed by atoms with E-state index in [1.54, 1.807) is 7.05 Å². The van der Waals surface area contributed by atoms with Gasteiger partial charge in [0.15, 0.2) is 17.5 Å². The van der Waals surface area contributed by atoms with Crippen molar-refractivity contribution in [3.8, 4) is 11.5 Å². The fourth-order valence-electron chi connectivity index (χ4n) is 2.34. The lowest BCUT2D eigenvalue weighted by Gasteiger charge is -2.14. The Bertz CT molecular complexity index is 723. The van der Waals surface area contributed by atoms with E-state index in [4.69, 9.17) is 9.47 Å². The molecule has 0 saturated carbocycles. The Morgan fingerprint density at radius 1 is 1.08 bits per heavy atom. The number of rotatable bonds is 3. The zero-order valence-electron chi connectivity index (χ0n) is 13.9. The van der Waals surface area contributed by atoms with Crippen molar-refractivity contribution in [1.82, 2.24) is 5.32 Å². The minimum Gasteiger partial charge on any atom is -0.490 e. The van der Waals surface area contributed by atoms with E-state index in [-0.39, 0.29) is 24.0 Å². The first-order valence-electron chi connectivity index (χ1n) is 7.86. The SMILES string of the molecule is CN=C(NCc1ccc(Br)cc1)Nc1ccc2c(c1)OCCCO2.I. The van der Waals surface area contributed by atoms with Gasteiger partial charge in [0.1, 0.15) is 0 Å². The van der Waals surface area contributed by atoms with Crippen LogP contribution in [0.2, 0.25) is 0 Å². The molecule has 25 heavy (non-hydrogen) atoms. The van der Waals surface area contributed by atoms with Gasteiger partial charge in [-0.1, -0.05) is 28.1 Å². The molecule has 0 unspecified atom stereocenters. The van der Waals surface area contributed by atoms with Crippen molar-refractivity contribution >= 4 is 51.6 Å². The molecule has 0 aliphatic carbocycles. The van der Waals surface area contributed by atoms with Gasteiger partial charge < -0.3 is 20.1 Å². The molecular formula is C18H21BrIN3O2. The first-order chi connectivity index (χ1) is 11.7. The van der Waals surface area contributed by atoms with Gasteiger partial charge in [-0.05, 0) is 29.8 Å². The fourth-order valence-corrected chi connectivity index (χ4v) is 2.61. The molecule has 0 saturated heterocycles. The molecule has 134 valence electrons. The second-order valence-corrected chi connectivity index (χ2v) is 6.30. The highest BCUT2D eigenvalue weighted by Crippen LogP contribution is 2.32. The molecule has 0 amide bonds. The van der Waals surface area contributed by atoms with E-state index in [1.807, 2.05) is 30.3 Å². The molecule has 1 heterocycles. The highest BCUT2D eigenvalue weighted by atomic mass is 127. The van der Waals surface area contributed by atoms with Crippen molar-refractivity contribution in [2.24, 2.45) is 4.99 Å². The first-order valence-corrected chi connectivity index (χ1v) is 8.65. The van der Waals surface area contributed by atoms with Gasteiger partial charge >= 0.3 is 0 Å². The fraction of sp³-hybridized carbons (Fsp3) is 0.278. The molecular weight excluding hydrogens is 497 g/mol. The lowest BCUT2D eigenvalue weighted by atomic mass is 10.2. The maximum Gasteiger partial charge on any atom is 0.195 e. The summed E-state index contributed by atoms with van der Waals surface area (Å²) in [5.41, 5.74) is 2.09. The Labute approximate surface area is 173 Å². The predicted octanol–water partition coefficient (Wildman–Crippen LogP) is 4.42. The van der Waals surface area contributed by atoms with Crippen molar-refractivity contribution in [3.05, 3.63) is 52.5 Å². The second-order valence-electron chi connectivity index (χ2n) is 5.39. The minimum atomic E-state index is 0. The summed E-state index contributed by atoms with van der Waals surface area (Å²) >= 11 is 3.44. The summed E-state index contributed by atoms with van der Waals surface area (Å²) in [7, 11) is 1.75. The minimum absolute atomic E-state index is 0. The Morgan fingerprint density at radius 2 is 1.80 bits per heavy atom. The van der Waals surface area contributed by atoms with Gasteiger partial charge in [-0.2, -0.15) is 0 Å². The monoisotopic (exact) mass is 517 g/mol. The molecule has 2 aromatic carbocycles. The molecule has 0 bridgehead atoms. The molecule has 0 atom stereocenters. The van der Waals surface area contributed by atoms with Gasteiger partial charge in [0, 0.05) is 36.2 Å². The quantitative estimate of drug-likeness (QED) is 0.359. The maximum atomic E-state index is 5.72. The van der Waals surface area contributed by atoms with E-state index in [0.29, 0.717) is 25.7 Å². The van der Waals surface area contributed by atoms with Gasteiger partial charge in [-0.25, -0.2) is 0 Å². The van der Waals surface area contributed by atoms with Crippen molar-refractivity contribution in [2.45, 2.75) is 13.0 Å². The normalized spacial score (nSPS) is 13.4. The lowest BCUT2D eigenvalue weighted by molar-refractivity contribution is 0.297. The zero-order chi connectivity index (χ0) is 16.8. The molecule has 1 aliphatic heterocycles. The molecule has 0 fully saturated rings. The molecule has 0 radical (unpaired) electrons. The summed E-state index contributed by atoms with van der Waals surface area (Å²) < 4.78 is 12.4. The number of benzene rings is 2. The van der Waals surface area contributed by atoms with Crippen LogP contribution >= 0.6 is 39.9 Å². The van der Waals surface area contributed by atoms with Crippen molar-refractivity contribution in [3.63, 3.8) is 0 Å². The van der Waals surface area contributed by atoms with Gasteiger partial charge in [0.05, 0.1) is 13.2 Å². The number of halogens is 2. The first kappa shape index (κ1) is 19.8. The largest absolute Gasteiger partial charge is 0.490 e. The summed E-state index contributed by atoms with van der Waals surface area (Å²) in [5.74, 6) is 2.25. The molecule has 0 spiro atoms. The number of anilines is 1. The van der Waals surface area contributed by atoms with Crippen LogP contribution < -0.4 is 20.1 Å². The lowest BCUT2D eigenvalue weighted by Crippen LogP contribution is -2.30. The van der Waals surface area contributed by atoms with Crippen molar-refractivity contribution in [1.29, 1.82) is 0 Å². The van der Waals surface area contributed by atoms with Gasteiger partial charge in [0.2, 0.25) is 0 Å². The standard InChI is InChI=1S/C18H20BrN3O2.HI/c1-20-18(21-12-13-3-5-14(19)6-4-13)22-15-7-8-16-17(11-15)24-10-2-9-23-16;/h3-8,11H,2,9-10,12H2,1H3,(H2,20,21,22);1H. The number of hydrogen-bond donors (Lipinski definition) is 2. The summed E-state index contributed by atoms with van der Waals surface area (Å²) in [6.45, 7) is 2.06. The van der Waals surface area contributed by atoms with E-state index in [2.05, 4.69) is 43.7 Å². The predicted molar refractivity (Wildman–Crippen MR) is 115 cm³/mol. The van der Waals surface area contributed by atoms with Gasteiger partial charge in [0.25, 0.3) is 0 Å². The number of hydrogen-bond acceptors (Lipinski definition) is 3. The third kappa shape index (κ3) is 5.78. The van der Waals surface area contributed by atoms with Crippen LogP contribution in [0.25, 0.3) is 0 Å². The average molecular weight is 518 g/mol. The van der Waals surface area contributed by atoms with E-state index in [1.165, 1.54) is 5.56 Å². The van der Waals surface area contributed by atoms with Crippen molar-refractivity contribution in [2.75, 3.05) is 25.6 Å². The molecule has 3 rings (SSSR count). The summed E-state index contributed by atoms with van der Waals surface area (Å²) in [5, 5.41) is 6.57. The molecule has 2 N–H and O–H groups in total. The van der Waals surface area contributed by atoms with Crippen LogP contribution in [0.1, 0.15) is 12.0 Å². The number of guanidine groups is 1. The van der Waals surface area contributed by atoms with Crippen LogP contribution in [0.5, 0.6) is 11.5 Å². The summed E-state index contributed by atoms with van der Waals surface area (Å²) in [6.07, 6.45) is 0.897. The van der Waals surface area contributed by atoms with E-state index in [0.717, 1.165) is 28.1 Å². The van der Waals surface area contributed by atoms with Crippen LogP contribution in [0, 0.1) is 0 Å². The number of nitrogens with zero attached hydrogens (tertiary/aromatic N) is 1. The third-order valence-corrected chi connectivity index (χ3v) is 4.14. The van der Waals surface area contributed by atoms with Crippen LogP contribution in [0.3, 0.4) is 0 Å². The molecule has 1 aliphatic rings. The van der Waals surface area contributed by atoms with E-state index < -0.39 is 0 Å². The number of ether oxygens (including phenoxy) is 2. The molecule has 7 heteroatoms. The van der Waals surface area contributed by atoms with E-state index in [9.17, 15) is 0 Å². The number of fused-ring (bicyclic) bond motifs is 1. The summed E-state index contributed by atoms with van der Waals surface area (Å²) in [4.78, 5) is 4.26. The zero-order valence-corrected chi connectivity index (χ0v) is 17.8. The number of nitrogens with one attached hydrogen (secondary N) is 2. The number of aliphatic imine (C=N–C) groups is 1. The molecule has 2 aromatic rings. The molecule has 5 nitrogen and oxygen atoms in total. The smallest absolute Gasteiger partial charge is 0.195 e. The van der Waals surface area contributed by atoms with Gasteiger partial charge in [-0.15, -0.1) is 24.0 Å². The highest BCUT2D eigenvalue weighted by Gasteiger charge is 2.11. The van der Waals surface area contributed by atoms with Crippen LogP contribution in [0.15, 0.2) is 51.9 Å². The Hall–Kier alpha value is -1.48. The summed E-state index contributed by atoms with van der Waals surface area (Å²) in [6, 6.07) is 14.0. The Balaban J connectivity index is 0.00000225. The Kier molecular flexibility index (Phi) is 7.83. The van der Waals surface area contributed by atoms with Crippen LogP contribution in [-0.4, -0.2) is 26.2 Å². The van der Waals surface area contributed by atoms with E-state index >= 15 is 0 Å². The Morgan fingerprint density at radius 3 is 2.52 bits per heavy atom. The topological polar surface area (TPSA) is 54.9 Å². The molecule has 0 aromatic heterocycles.